The fourth-order valence-electron chi connectivity index (χ4n) is 0.654. The molecule has 4 nitrogen and oxygen atoms in total. The first kappa shape index (κ1) is 10.7. The van der Waals surface area contributed by atoms with E-state index < -0.39 is 5.97 Å². The maximum Gasteiger partial charge on any atom is 0.332 e. The Kier molecular flexibility index (Phi) is 4.76. The zero-order chi connectivity index (χ0) is 9.56. The minimum Gasteiger partial charge on any atom is -0.466 e. The van der Waals surface area contributed by atoms with Gasteiger partial charge in [-0.05, 0) is 6.42 Å². The van der Waals surface area contributed by atoms with Gasteiger partial charge in [-0.15, -0.1) is 0 Å². The third-order valence-electron chi connectivity index (χ3n) is 1.21. The van der Waals surface area contributed by atoms with Crippen molar-refractivity contribution in [2.45, 2.75) is 20.3 Å². The molecule has 0 fully saturated rings. The van der Waals surface area contributed by atoms with Crippen LogP contribution in [0.15, 0.2) is 11.8 Å². The van der Waals surface area contributed by atoms with Crippen LogP contribution in [0.2, 0.25) is 0 Å². The summed E-state index contributed by atoms with van der Waals surface area (Å²) < 4.78 is 4.40. The average Bonchev–Trinajstić information content (AvgIpc) is 2.02. The Bertz CT molecular complexity index is 208. The molecular formula is C8H13NO3. The molecule has 12 heavy (non-hydrogen) atoms. The molecule has 0 aliphatic rings. The highest BCUT2D eigenvalue weighted by atomic mass is 16.5. The van der Waals surface area contributed by atoms with E-state index in [9.17, 15) is 9.59 Å². The molecule has 0 radical (unpaired) electrons. The molecule has 4 heteroatoms. The van der Waals surface area contributed by atoms with Crippen molar-refractivity contribution in [1.82, 2.24) is 5.32 Å². The number of amides is 1. The number of carbonyl (C=O) groups is 2. The third-order valence-corrected chi connectivity index (χ3v) is 1.21. The number of hydrogen-bond acceptors (Lipinski definition) is 3. The van der Waals surface area contributed by atoms with Gasteiger partial charge in [-0.2, -0.15) is 0 Å². The van der Waals surface area contributed by atoms with Crippen LogP contribution in [0.1, 0.15) is 20.3 Å². The normalized spacial score (nSPS) is 10.8. The molecule has 68 valence electrons. The molecule has 1 amide bonds. The second kappa shape index (κ2) is 5.35. The monoisotopic (exact) mass is 171 g/mol. The van der Waals surface area contributed by atoms with Crippen molar-refractivity contribution in [1.29, 1.82) is 0 Å². The molecule has 0 spiro atoms. The Balaban J connectivity index is 4.22. The van der Waals surface area contributed by atoms with Gasteiger partial charge < -0.3 is 10.1 Å². The van der Waals surface area contributed by atoms with Crippen molar-refractivity contribution in [2.75, 3.05) is 7.11 Å². The number of methoxy groups -OCH3 is 1. The summed E-state index contributed by atoms with van der Waals surface area (Å²) in [5.74, 6) is -0.646. The SMILES string of the molecule is CC/C(=C/C(=O)OC)NC(C)=O. The van der Waals surface area contributed by atoms with Crippen molar-refractivity contribution in [3.8, 4) is 0 Å². The van der Waals surface area contributed by atoms with Crippen LogP contribution < -0.4 is 5.32 Å². The van der Waals surface area contributed by atoms with Crippen LogP contribution in [-0.4, -0.2) is 19.0 Å². The summed E-state index contributed by atoms with van der Waals surface area (Å²) in [5.41, 5.74) is 0.564. The first-order chi connectivity index (χ1) is 5.60. The molecule has 0 unspecified atom stereocenters. The first-order valence-electron chi connectivity index (χ1n) is 3.66. The summed E-state index contributed by atoms with van der Waals surface area (Å²) >= 11 is 0. The summed E-state index contributed by atoms with van der Waals surface area (Å²) in [7, 11) is 1.29. The molecule has 1 N–H and O–H groups in total. The average molecular weight is 171 g/mol. The van der Waals surface area contributed by atoms with Crippen molar-refractivity contribution in [2.24, 2.45) is 0 Å². The minimum atomic E-state index is -0.458. The van der Waals surface area contributed by atoms with E-state index in [1.165, 1.54) is 20.1 Å². The summed E-state index contributed by atoms with van der Waals surface area (Å²) in [6.45, 7) is 3.23. The lowest BCUT2D eigenvalue weighted by atomic mass is 10.3. The molecular weight excluding hydrogens is 158 g/mol. The van der Waals surface area contributed by atoms with Gasteiger partial charge in [0, 0.05) is 18.7 Å². The van der Waals surface area contributed by atoms with E-state index in [0.29, 0.717) is 12.1 Å². The third kappa shape index (κ3) is 4.49. The van der Waals surface area contributed by atoms with Crippen LogP contribution in [0.5, 0.6) is 0 Å². The molecule has 0 aromatic heterocycles. The van der Waals surface area contributed by atoms with Crippen molar-refractivity contribution >= 4 is 11.9 Å². The van der Waals surface area contributed by atoms with Gasteiger partial charge in [0.2, 0.25) is 5.91 Å². The standard InChI is InChI=1S/C8H13NO3/c1-4-7(9-6(2)10)5-8(11)12-3/h5H,4H2,1-3H3,(H,9,10)/b7-5-. The predicted octanol–water partition coefficient (Wildman–Crippen LogP) is 0.589. The Hall–Kier alpha value is -1.32. The topological polar surface area (TPSA) is 55.4 Å². The van der Waals surface area contributed by atoms with Crippen LogP contribution in [0, 0.1) is 0 Å². The van der Waals surface area contributed by atoms with Crippen molar-refractivity contribution in [3.63, 3.8) is 0 Å². The Labute approximate surface area is 71.6 Å². The Morgan fingerprint density at radius 2 is 2.08 bits per heavy atom. The summed E-state index contributed by atoms with van der Waals surface area (Å²) in [6, 6.07) is 0. The highest BCUT2D eigenvalue weighted by Crippen LogP contribution is 1.95. The van der Waals surface area contributed by atoms with E-state index >= 15 is 0 Å². The van der Waals surface area contributed by atoms with E-state index in [2.05, 4.69) is 10.1 Å². The van der Waals surface area contributed by atoms with Gasteiger partial charge in [0.25, 0.3) is 0 Å². The second-order valence-corrected chi connectivity index (χ2v) is 2.23. The molecule has 0 rings (SSSR count). The number of nitrogens with one attached hydrogen (secondary N) is 1. The molecule has 0 aromatic carbocycles. The molecule has 0 saturated heterocycles. The highest BCUT2D eigenvalue weighted by molar-refractivity contribution is 5.84. The van der Waals surface area contributed by atoms with Gasteiger partial charge in [-0.25, -0.2) is 4.79 Å². The van der Waals surface area contributed by atoms with Crippen LogP contribution in [0.4, 0.5) is 0 Å². The fraction of sp³-hybridized carbons (Fsp3) is 0.500. The van der Waals surface area contributed by atoms with E-state index in [-0.39, 0.29) is 5.91 Å². The first-order valence-corrected chi connectivity index (χ1v) is 3.66. The van der Waals surface area contributed by atoms with Crippen LogP contribution in [-0.2, 0) is 14.3 Å². The minimum absolute atomic E-state index is 0.188. The van der Waals surface area contributed by atoms with E-state index in [1.54, 1.807) is 0 Å². The number of rotatable bonds is 3. The summed E-state index contributed by atoms with van der Waals surface area (Å²) in [5, 5.41) is 2.52. The van der Waals surface area contributed by atoms with E-state index in [4.69, 9.17) is 0 Å². The quantitative estimate of drug-likeness (QED) is 0.499. The van der Waals surface area contributed by atoms with Crippen molar-refractivity contribution in [3.05, 3.63) is 11.8 Å². The lowest BCUT2D eigenvalue weighted by molar-refractivity contribution is -0.134. The predicted molar refractivity (Wildman–Crippen MR) is 44.2 cm³/mol. The molecule has 0 aliphatic carbocycles. The number of carbonyl (C=O) groups excluding carboxylic acids is 2. The largest absolute Gasteiger partial charge is 0.466 e. The summed E-state index contributed by atoms with van der Waals surface area (Å²) in [6.07, 6.45) is 1.86. The number of allylic oxidation sites excluding steroid dienone is 1. The Morgan fingerprint density at radius 3 is 2.42 bits per heavy atom. The van der Waals surface area contributed by atoms with Gasteiger partial charge in [0.15, 0.2) is 0 Å². The van der Waals surface area contributed by atoms with Crippen LogP contribution >= 0.6 is 0 Å². The number of esters is 1. The van der Waals surface area contributed by atoms with Gasteiger partial charge >= 0.3 is 5.97 Å². The lowest BCUT2D eigenvalue weighted by Gasteiger charge is -2.03. The smallest absolute Gasteiger partial charge is 0.332 e. The van der Waals surface area contributed by atoms with Crippen LogP contribution in [0.25, 0.3) is 0 Å². The highest BCUT2D eigenvalue weighted by Gasteiger charge is 2.00. The number of hydrogen-bond donors (Lipinski definition) is 1. The van der Waals surface area contributed by atoms with Gasteiger partial charge in [-0.3, -0.25) is 4.79 Å². The van der Waals surface area contributed by atoms with Crippen LogP contribution in [0.3, 0.4) is 0 Å². The fourth-order valence-corrected chi connectivity index (χ4v) is 0.654. The van der Waals surface area contributed by atoms with Gasteiger partial charge in [0.1, 0.15) is 0 Å². The molecule has 0 aromatic rings. The van der Waals surface area contributed by atoms with Crippen molar-refractivity contribution < 1.29 is 14.3 Å². The Morgan fingerprint density at radius 1 is 1.50 bits per heavy atom. The maximum absolute atomic E-state index is 10.7. The zero-order valence-corrected chi connectivity index (χ0v) is 7.51. The van der Waals surface area contributed by atoms with E-state index in [0.717, 1.165) is 0 Å². The van der Waals surface area contributed by atoms with Gasteiger partial charge in [0.05, 0.1) is 7.11 Å². The second-order valence-electron chi connectivity index (χ2n) is 2.23. The lowest BCUT2D eigenvalue weighted by Crippen LogP contribution is -2.19. The molecule has 0 heterocycles. The molecule has 0 atom stereocenters. The number of ether oxygens (including phenoxy) is 1. The van der Waals surface area contributed by atoms with E-state index in [1.807, 2.05) is 6.92 Å². The van der Waals surface area contributed by atoms with Gasteiger partial charge in [-0.1, -0.05) is 6.92 Å². The molecule has 0 saturated carbocycles. The maximum atomic E-state index is 10.7. The molecule has 0 bridgehead atoms. The molecule has 0 aliphatic heterocycles. The zero-order valence-electron chi connectivity index (χ0n) is 7.51. The summed E-state index contributed by atoms with van der Waals surface area (Å²) in [4.78, 5) is 21.3.